The second-order valence-electron chi connectivity index (χ2n) is 12.8. The third-order valence-corrected chi connectivity index (χ3v) is 8.55. The lowest BCUT2D eigenvalue weighted by atomic mass is 10.1. The monoisotopic (exact) mass is 759 g/mol. The van der Waals surface area contributed by atoms with Gasteiger partial charge in [0.2, 0.25) is 0 Å². The highest BCUT2D eigenvalue weighted by Crippen LogP contribution is 2.31. The first kappa shape index (κ1) is 42.1. The highest BCUT2D eigenvalue weighted by molar-refractivity contribution is 5.87. The molecule has 0 aromatic heterocycles. The Balaban J connectivity index is 0.000000187. The van der Waals surface area contributed by atoms with E-state index in [1.54, 1.807) is 44.7 Å². The second kappa shape index (κ2) is 19.6. The number of hydrogen-bond acceptors (Lipinski definition) is 7. The van der Waals surface area contributed by atoms with E-state index in [-0.39, 0.29) is 11.5 Å². The van der Waals surface area contributed by atoms with Crippen molar-refractivity contribution in [2.75, 3.05) is 7.11 Å². The zero-order valence-corrected chi connectivity index (χ0v) is 32.0. The molecular formula is C46H44F3N3O4. The van der Waals surface area contributed by atoms with E-state index < -0.39 is 11.7 Å². The van der Waals surface area contributed by atoms with Crippen molar-refractivity contribution in [3.05, 3.63) is 171 Å². The van der Waals surface area contributed by atoms with Crippen LogP contribution in [0.25, 0.3) is 0 Å². The summed E-state index contributed by atoms with van der Waals surface area (Å²) >= 11 is 0. The highest BCUT2D eigenvalue weighted by Gasteiger charge is 2.29. The number of phenols is 3. The molecule has 0 radical (unpaired) electrons. The third-order valence-electron chi connectivity index (χ3n) is 8.55. The normalized spacial score (nSPS) is 11.3. The molecule has 0 atom stereocenters. The van der Waals surface area contributed by atoms with Gasteiger partial charge < -0.3 is 20.1 Å². The average Bonchev–Trinajstić information content (AvgIpc) is 3.18. The summed E-state index contributed by atoms with van der Waals surface area (Å²) in [4.78, 5) is 12.9. The molecule has 10 heteroatoms. The van der Waals surface area contributed by atoms with Gasteiger partial charge in [-0.2, -0.15) is 13.2 Å². The lowest BCUT2D eigenvalue weighted by molar-refractivity contribution is -0.137. The maximum atomic E-state index is 12.4. The third kappa shape index (κ3) is 11.9. The summed E-state index contributed by atoms with van der Waals surface area (Å²) in [6.07, 6.45) is 0.448. The number of aryl methyl sites for hydroxylation is 5. The van der Waals surface area contributed by atoms with E-state index in [1.807, 2.05) is 107 Å². The van der Waals surface area contributed by atoms with Crippen molar-refractivity contribution in [2.24, 2.45) is 15.0 Å². The van der Waals surface area contributed by atoms with Crippen LogP contribution in [0.5, 0.6) is 23.0 Å². The van der Waals surface area contributed by atoms with Crippen LogP contribution in [-0.2, 0) is 6.18 Å². The number of hydrogen-bond donors (Lipinski definition) is 3. The Kier molecular flexibility index (Phi) is 14.7. The first-order valence-corrected chi connectivity index (χ1v) is 17.5. The van der Waals surface area contributed by atoms with E-state index in [1.165, 1.54) is 18.3 Å². The Morgan fingerprint density at radius 1 is 0.464 bits per heavy atom. The molecule has 6 aromatic carbocycles. The summed E-state index contributed by atoms with van der Waals surface area (Å²) in [7, 11) is 1.63. The van der Waals surface area contributed by atoms with Gasteiger partial charge in [0.05, 0.1) is 29.7 Å². The molecule has 3 N–H and O–H groups in total. The Labute approximate surface area is 325 Å². The van der Waals surface area contributed by atoms with Crippen LogP contribution in [0.1, 0.15) is 50.1 Å². The van der Waals surface area contributed by atoms with Gasteiger partial charge in [0, 0.05) is 35.3 Å². The van der Waals surface area contributed by atoms with Crippen molar-refractivity contribution < 1.29 is 33.2 Å². The number of rotatable bonds is 7. The Morgan fingerprint density at radius 3 is 1.18 bits per heavy atom. The van der Waals surface area contributed by atoms with Gasteiger partial charge in [-0.25, -0.2) is 0 Å². The van der Waals surface area contributed by atoms with Crippen LogP contribution in [0.4, 0.5) is 30.2 Å². The molecule has 288 valence electrons. The predicted octanol–water partition coefficient (Wildman–Crippen LogP) is 12.0. The first-order chi connectivity index (χ1) is 26.7. The van der Waals surface area contributed by atoms with Crippen molar-refractivity contribution in [1.82, 2.24) is 0 Å². The first-order valence-electron chi connectivity index (χ1n) is 17.5. The summed E-state index contributed by atoms with van der Waals surface area (Å²) in [6.45, 7) is 9.57. The SMILES string of the molecule is COc1ccc(N=Cc2cccc(C)c2O)cc1.Cc1cccc(C=Nc2c(C)cccc2C)c1O.Cc1cccc(C=Nc2ccc(C(F)(F)F)cc2)c1O. The molecular weight excluding hydrogens is 716 g/mol. The van der Waals surface area contributed by atoms with Gasteiger partial charge >= 0.3 is 6.18 Å². The van der Waals surface area contributed by atoms with Crippen molar-refractivity contribution >= 4 is 35.7 Å². The molecule has 0 unspecified atom stereocenters. The number of benzene rings is 6. The number of alkyl halides is 3. The van der Waals surface area contributed by atoms with Crippen molar-refractivity contribution in [3.63, 3.8) is 0 Å². The van der Waals surface area contributed by atoms with E-state index in [4.69, 9.17) is 4.74 Å². The van der Waals surface area contributed by atoms with E-state index >= 15 is 0 Å². The van der Waals surface area contributed by atoms with Gasteiger partial charge in [-0.15, -0.1) is 0 Å². The number of methoxy groups -OCH3 is 1. The number of para-hydroxylation sites is 4. The molecule has 0 saturated carbocycles. The maximum Gasteiger partial charge on any atom is 0.416 e. The molecule has 6 aromatic rings. The number of ether oxygens (including phenoxy) is 1. The van der Waals surface area contributed by atoms with Gasteiger partial charge in [-0.1, -0.05) is 54.6 Å². The summed E-state index contributed by atoms with van der Waals surface area (Å²) < 4.78 is 42.3. The van der Waals surface area contributed by atoms with Crippen molar-refractivity contribution in [1.29, 1.82) is 0 Å². The van der Waals surface area contributed by atoms with Crippen LogP contribution in [-0.4, -0.2) is 41.1 Å². The lowest BCUT2D eigenvalue weighted by Crippen LogP contribution is -2.03. The zero-order valence-electron chi connectivity index (χ0n) is 32.0. The Morgan fingerprint density at radius 2 is 0.804 bits per heavy atom. The van der Waals surface area contributed by atoms with Crippen LogP contribution in [0, 0.1) is 34.6 Å². The van der Waals surface area contributed by atoms with E-state index in [0.717, 1.165) is 57.1 Å². The molecule has 0 aliphatic carbocycles. The quantitative estimate of drug-likeness (QED) is 0.141. The summed E-state index contributed by atoms with van der Waals surface area (Å²) in [5, 5.41) is 29.6. The Hall–Kier alpha value is -6.68. The van der Waals surface area contributed by atoms with Crippen LogP contribution < -0.4 is 4.74 Å². The van der Waals surface area contributed by atoms with Crippen LogP contribution >= 0.6 is 0 Å². The number of aromatic hydroxyl groups is 3. The molecule has 0 aliphatic rings. The smallest absolute Gasteiger partial charge is 0.416 e. The molecule has 0 aliphatic heterocycles. The minimum Gasteiger partial charge on any atom is -0.507 e. The minimum absolute atomic E-state index is 0.114. The number of phenolic OH excluding ortho intramolecular Hbond substituents is 3. The highest BCUT2D eigenvalue weighted by atomic mass is 19.4. The fourth-order valence-electron chi connectivity index (χ4n) is 5.19. The lowest BCUT2D eigenvalue weighted by Gasteiger charge is -2.06. The molecule has 0 heterocycles. The van der Waals surface area contributed by atoms with Crippen molar-refractivity contribution in [2.45, 2.75) is 40.8 Å². The predicted molar refractivity (Wildman–Crippen MR) is 221 cm³/mol. The number of nitrogens with zero attached hydrogens (tertiary/aromatic N) is 3. The molecule has 7 nitrogen and oxygen atoms in total. The molecule has 0 fully saturated rings. The van der Waals surface area contributed by atoms with Crippen LogP contribution in [0.15, 0.2) is 136 Å². The van der Waals surface area contributed by atoms with Gasteiger partial charge in [0.25, 0.3) is 0 Å². The topological polar surface area (TPSA) is 107 Å². The largest absolute Gasteiger partial charge is 0.507 e. The average molecular weight is 760 g/mol. The number of aliphatic imine (C=N–C) groups is 3. The molecule has 0 saturated heterocycles. The van der Waals surface area contributed by atoms with Gasteiger partial charge in [-0.05, 0) is 129 Å². The Bertz CT molecular complexity index is 2300. The van der Waals surface area contributed by atoms with Crippen LogP contribution in [0.2, 0.25) is 0 Å². The van der Waals surface area contributed by atoms with Gasteiger partial charge in [0.1, 0.15) is 23.0 Å². The van der Waals surface area contributed by atoms with Gasteiger partial charge in [-0.3, -0.25) is 15.0 Å². The minimum atomic E-state index is -4.35. The van der Waals surface area contributed by atoms with E-state index in [9.17, 15) is 28.5 Å². The van der Waals surface area contributed by atoms with Crippen molar-refractivity contribution in [3.8, 4) is 23.0 Å². The molecule has 0 amide bonds. The standard InChI is InChI=1S/C16H17NO.C15H12F3NO.C15H15NO2/c1-11-6-4-7-12(2)15(11)17-10-14-9-5-8-13(3)16(14)18;1-10-3-2-4-11(14(10)20)9-19-13-7-5-12(6-8-13)15(16,17)18;1-11-4-3-5-12(15(11)17)10-16-13-6-8-14(18-2)9-7-13/h4-10,18H,1-3H3;2-9,20H,1H3;3-10,17H,1-2H3. The summed E-state index contributed by atoms with van der Waals surface area (Å²) in [5.74, 6) is 1.48. The molecule has 56 heavy (non-hydrogen) atoms. The zero-order chi connectivity index (χ0) is 40.8. The van der Waals surface area contributed by atoms with Crippen LogP contribution in [0.3, 0.4) is 0 Å². The fourth-order valence-corrected chi connectivity index (χ4v) is 5.19. The summed E-state index contributed by atoms with van der Waals surface area (Å²) in [5.41, 5.74) is 8.13. The van der Waals surface area contributed by atoms with Gasteiger partial charge in [0.15, 0.2) is 0 Å². The number of halogens is 3. The molecule has 0 bridgehead atoms. The molecule has 6 rings (SSSR count). The van der Waals surface area contributed by atoms with E-state index in [2.05, 4.69) is 15.0 Å². The molecule has 0 spiro atoms. The van der Waals surface area contributed by atoms with E-state index in [0.29, 0.717) is 28.1 Å². The maximum absolute atomic E-state index is 12.4. The fraction of sp³-hybridized carbons (Fsp3) is 0.152. The summed E-state index contributed by atoms with van der Waals surface area (Å²) in [6, 6.07) is 34.5. The second-order valence-corrected chi connectivity index (χ2v) is 12.8.